The van der Waals surface area contributed by atoms with E-state index in [1.807, 2.05) is 0 Å². The normalized spacial score (nSPS) is 13.5. The third-order valence-electron chi connectivity index (χ3n) is 0.652. The second-order valence-electron chi connectivity index (χ2n) is 1.80. The van der Waals surface area contributed by atoms with Gasteiger partial charge in [0.1, 0.15) is 0 Å². The summed E-state index contributed by atoms with van der Waals surface area (Å²) in [6, 6.07) is 0. The number of hydrogen-bond acceptors (Lipinski definition) is 2. The van der Waals surface area contributed by atoms with Crippen molar-refractivity contribution in [3.05, 3.63) is 0 Å². The molecule has 0 rings (SSSR count). The zero-order valence-corrected chi connectivity index (χ0v) is 11.3. The largest absolute Gasteiger partial charge is 0.459 e. The minimum Gasteiger partial charge on any atom is -0.208 e. The van der Waals surface area contributed by atoms with E-state index in [0.717, 1.165) is 0 Å². The van der Waals surface area contributed by atoms with Gasteiger partial charge in [0.05, 0.1) is 42.4 Å². The van der Waals surface area contributed by atoms with Gasteiger partial charge in [-0.05, 0) is 0 Å². The van der Waals surface area contributed by atoms with Crippen LogP contribution in [0.25, 0.3) is 0 Å². The lowest BCUT2D eigenvalue weighted by Crippen LogP contribution is -2.42. The zero-order chi connectivity index (χ0) is 13.1. The van der Waals surface area contributed by atoms with Crippen molar-refractivity contribution in [2.45, 2.75) is 18.5 Å². The van der Waals surface area contributed by atoms with Crippen LogP contribution in [0.2, 0.25) is 0 Å². The fourth-order valence-electron chi connectivity index (χ4n) is 0.124. The van der Waals surface area contributed by atoms with Crippen LogP contribution in [0.3, 0.4) is 0 Å². The number of hydrogen-bond donors (Lipinski definition) is 0. The van der Waals surface area contributed by atoms with Crippen LogP contribution < -0.4 is 0 Å². The highest BCUT2D eigenvalue weighted by atomic mass is 127. The van der Waals surface area contributed by atoms with E-state index in [-0.39, 0.29) is 0 Å². The summed E-state index contributed by atoms with van der Waals surface area (Å²) < 4.78 is 93.1. The first-order valence-electron chi connectivity index (χ1n) is 2.56. The molecule has 12 heteroatoms. The van der Waals surface area contributed by atoms with E-state index in [1.54, 1.807) is 0 Å². The van der Waals surface area contributed by atoms with E-state index in [0.29, 0.717) is 0 Å². The van der Waals surface area contributed by atoms with Crippen LogP contribution in [0.4, 0.5) is 30.7 Å². The number of alkyl halides is 7. The monoisotopic (exact) mass is 488 g/mol. The molecule has 0 amide bonds. The molecule has 0 radical (unpaired) electrons. The molecule has 0 aromatic carbocycles. The molecule has 0 bridgehead atoms. The molecule has 0 N–H and O–H groups in total. The van der Waals surface area contributed by atoms with Crippen LogP contribution >= 0.6 is 42.4 Å². The molecule has 0 aliphatic rings. The van der Waals surface area contributed by atoms with Crippen molar-refractivity contribution >= 4 is 46.6 Å². The molecule has 0 aliphatic heterocycles. The molecule has 0 spiro atoms. The van der Waals surface area contributed by atoms with Gasteiger partial charge in [-0.25, -0.2) is 17.2 Å². The summed E-state index contributed by atoms with van der Waals surface area (Å²) in [5.41, 5.74) is 0. The van der Waals surface area contributed by atoms with Gasteiger partial charge in [0.2, 0.25) is 0 Å². The molecule has 15 heavy (non-hydrogen) atoms. The molecule has 0 aliphatic carbocycles. The van der Waals surface area contributed by atoms with Gasteiger partial charge in [0, 0.05) is 0 Å². The second kappa shape index (κ2) is 6.02. The van der Waals surface area contributed by atoms with E-state index < -0.39 is 22.7 Å². The molecule has 0 aromatic heterocycles. The summed E-state index contributed by atoms with van der Waals surface area (Å²) in [7, 11) is 0. The highest BCUT2D eigenvalue weighted by Crippen LogP contribution is 2.39. The van der Waals surface area contributed by atoms with Gasteiger partial charge in [-0.15, -0.1) is 0 Å². The Morgan fingerprint density at radius 1 is 0.933 bits per heavy atom. The highest BCUT2D eigenvalue weighted by Gasteiger charge is 2.64. The Morgan fingerprint density at radius 2 is 1.13 bits per heavy atom. The summed E-state index contributed by atoms with van der Waals surface area (Å²) in [4.78, 5) is 0. The summed E-state index contributed by atoms with van der Waals surface area (Å²) in [5, 5.41) is 0. The Balaban J connectivity index is 0. The van der Waals surface area contributed by atoms with Crippen LogP contribution in [-0.4, -0.2) is 26.9 Å². The number of rotatable bonds is 1. The minimum absolute atomic E-state index is 1.34. The Bertz CT molecular complexity index is 275. The van der Waals surface area contributed by atoms with Crippen LogP contribution in [0.15, 0.2) is 0 Å². The van der Waals surface area contributed by atoms with Crippen molar-refractivity contribution in [1.29, 1.82) is 0 Å². The van der Waals surface area contributed by atoms with Crippen molar-refractivity contribution in [3.8, 4) is 0 Å². The second-order valence-corrected chi connectivity index (χ2v) is 14.6. The highest BCUT2D eigenvalue weighted by molar-refractivity contribution is 14.3. The van der Waals surface area contributed by atoms with E-state index in [4.69, 9.17) is 0 Å². The standard InChI is InChI=1S/C3HF7.I2O2S/c4-1(5)2(6,7)3(8,9)10;1-5(2,3)4/h1H;. The smallest absolute Gasteiger partial charge is 0.208 e. The summed E-state index contributed by atoms with van der Waals surface area (Å²) in [6.07, 6.45) is -10.9. The SMILES string of the molecule is FC(F)C(F)(F)C(F)(F)F.O=S(=O)(I)I. The van der Waals surface area contributed by atoms with Crippen LogP contribution in [0.5, 0.6) is 0 Å². The summed E-state index contributed by atoms with van der Waals surface area (Å²) in [6.45, 7) is 0. The Hall–Kier alpha value is 0.920. The quantitative estimate of drug-likeness (QED) is 0.322. The predicted molar refractivity (Wildman–Crippen MR) is 54.0 cm³/mol. The fraction of sp³-hybridized carbons (Fsp3) is 1.00. The van der Waals surface area contributed by atoms with Gasteiger partial charge < -0.3 is 0 Å². The molecule has 94 valence electrons. The number of halogens is 9. The van der Waals surface area contributed by atoms with E-state index in [9.17, 15) is 39.2 Å². The van der Waals surface area contributed by atoms with Gasteiger partial charge in [-0.2, -0.15) is 22.0 Å². The fourth-order valence-corrected chi connectivity index (χ4v) is 0.124. The van der Waals surface area contributed by atoms with Crippen molar-refractivity contribution < 1.29 is 39.2 Å². The first-order valence-corrected chi connectivity index (χ1v) is 9.13. The van der Waals surface area contributed by atoms with E-state index in [2.05, 4.69) is 0 Å². The first-order chi connectivity index (χ1) is 6.19. The van der Waals surface area contributed by atoms with Crippen LogP contribution in [-0.2, 0) is 4.18 Å². The molecule has 0 saturated carbocycles. The van der Waals surface area contributed by atoms with Crippen molar-refractivity contribution in [1.82, 2.24) is 0 Å². The maximum Gasteiger partial charge on any atom is 0.459 e. The summed E-state index contributed by atoms with van der Waals surface area (Å²) >= 11 is 2.67. The van der Waals surface area contributed by atoms with Gasteiger partial charge in [0.15, 0.2) is 0 Å². The van der Waals surface area contributed by atoms with E-state index in [1.165, 1.54) is 42.4 Å². The molecule has 0 heterocycles. The minimum atomic E-state index is -6.17. The van der Waals surface area contributed by atoms with E-state index >= 15 is 0 Å². The molecule has 0 saturated heterocycles. The van der Waals surface area contributed by atoms with Crippen LogP contribution in [0, 0.1) is 0 Å². The molecular weight excluding hydrogens is 487 g/mol. The average molecular weight is 488 g/mol. The molecule has 2 nitrogen and oxygen atoms in total. The Labute approximate surface area is 104 Å². The topological polar surface area (TPSA) is 34.1 Å². The first kappa shape index (κ1) is 18.3. The predicted octanol–water partition coefficient (Wildman–Crippen LogP) is 3.55. The Morgan fingerprint density at radius 3 is 1.13 bits per heavy atom. The average Bonchev–Trinajstić information content (AvgIpc) is 1.79. The van der Waals surface area contributed by atoms with Gasteiger partial charge in [-0.1, -0.05) is 0 Å². The molecular formula is C3HF7I2O2S. The maximum absolute atomic E-state index is 11.2. The lowest BCUT2D eigenvalue weighted by Gasteiger charge is -2.17. The zero-order valence-electron chi connectivity index (χ0n) is 6.20. The molecule has 0 aromatic rings. The van der Waals surface area contributed by atoms with Crippen LogP contribution in [0.1, 0.15) is 0 Å². The molecule has 0 unspecified atom stereocenters. The van der Waals surface area contributed by atoms with Gasteiger partial charge in [-0.3, -0.25) is 0 Å². The Kier molecular flexibility index (Phi) is 7.34. The molecule has 0 atom stereocenters. The third-order valence-corrected chi connectivity index (χ3v) is 0.652. The van der Waals surface area contributed by atoms with Crippen molar-refractivity contribution in [3.63, 3.8) is 0 Å². The lowest BCUT2D eigenvalue weighted by molar-refractivity contribution is -0.320. The third kappa shape index (κ3) is 9.83. The van der Waals surface area contributed by atoms with Crippen molar-refractivity contribution in [2.75, 3.05) is 0 Å². The summed E-state index contributed by atoms with van der Waals surface area (Å²) in [5.74, 6) is -5.90. The lowest BCUT2D eigenvalue weighted by atomic mass is 10.3. The van der Waals surface area contributed by atoms with Gasteiger partial charge in [0.25, 0.3) is 4.18 Å². The maximum atomic E-state index is 11.2. The molecule has 0 fully saturated rings. The van der Waals surface area contributed by atoms with Gasteiger partial charge >= 0.3 is 18.5 Å². The van der Waals surface area contributed by atoms with Crippen molar-refractivity contribution in [2.24, 2.45) is 0 Å².